The molecule has 1 aliphatic rings. The maximum absolute atomic E-state index is 10.5. The predicted molar refractivity (Wildman–Crippen MR) is 37.5 cm³/mol. The van der Waals surface area contributed by atoms with Crippen molar-refractivity contribution in [1.29, 1.82) is 0 Å². The lowest BCUT2D eigenvalue weighted by atomic mass is 10.2. The van der Waals surface area contributed by atoms with Crippen LogP contribution >= 0.6 is 0 Å². The molecule has 1 heterocycles. The smallest absolute Gasteiger partial charge is 0.0918 e. The summed E-state index contributed by atoms with van der Waals surface area (Å²) in [7, 11) is -0.540. The first-order chi connectivity index (χ1) is 4.33. The first-order valence-corrected chi connectivity index (χ1v) is 4.39. The van der Waals surface area contributed by atoms with Gasteiger partial charge in [-0.05, 0) is 0 Å². The standard InChI is InChI=1S/C6H10O2S/c1-2-8-3-6-4-9(7)5-6/h2,6H,1,3-5H2. The van der Waals surface area contributed by atoms with Crippen LogP contribution in [0.3, 0.4) is 0 Å². The summed E-state index contributed by atoms with van der Waals surface area (Å²) >= 11 is 0. The van der Waals surface area contributed by atoms with Crippen LogP contribution in [-0.2, 0) is 15.5 Å². The molecule has 1 rings (SSSR count). The molecular formula is C6H10O2S. The van der Waals surface area contributed by atoms with E-state index in [-0.39, 0.29) is 0 Å². The van der Waals surface area contributed by atoms with Crippen LogP contribution in [0.4, 0.5) is 0 Å². The lowest BCUT2D eigenvalue weighted by Gasteiger charge is -2.23. The van der Waals surface area contributed by atoms with Crippen molar-refractivity contribution >= 4 is 10.8 Å². The van der Waals surface area contributed by atoms with E-state index in [4.69, 9.17) is 4.74 Å². The van der Waals surface area contributed by atoms with Crippen molar-refractivity contribution in [2.24, 2.45) is 5.92 Å². The summed E-state index contributed by atoms with van der Waals surface area (Å²) in [4.78, 5) is 0. The molecule has 0 amide bonds. The van der Waals surface area contributed by atoms with Gasteiger partial charge in [0.1, 0.15) is 0 Å². The number of ether oxygens (including phenoxy) is 1. The molecule has 3 heteroatoms. The Bertz CT molecular complexity index is 125. The number of rotatable bonds is 3. The van der Waals surface area contributed by atoms with Crippen molar-refractivity contribution in [3.05, 3.63) is 12.8 Å². The van der Waals surface area contributed by atoms with Gasteiger partial charge in [0.2, 0.25) is 0 Å². The van der Waals surface area contributed by atoms with Gasteiger partial charge >= 0.3 is 0 Å². The zero-order chi connectivity index (χ0) is 6.69. The second-order valence-corrected chi connectivity index (χ2v) is 3.69. The Kier molecular flexibility index (Phi) is 2.28. The zero-order valence-corrected chi connectivity index (χ0v) is 6.02. The normalized spacial score (nSPS) is 32.9. The Morgan fingerprint density at radius 1 is 1.78 bits per heavy atom. The zero-order valence-electron chi connectivity index (χ0n) is 5.21. The van der Waals surface area contributed by atoms with Crippen molar-refractivity contribution in [1.82, 2.24) is 0 Å². The predicted octanol–water partition coefficient (Wildman–Crippen LogP) is 0.525. The number of hydrogen-bond donors (Lipinski definition) is 0. The molecule has 0 saturated carbocycles. The highest BCUT2D eigenvalue weighted by Crippen LogP contribution is 2.13. The van der Waals surface area contributed by atoms with Gasteiger partial charge in [-0.15, -0.1) is 0 Å². The fraction of sp³-hybridized carbons (Fsp3) is 0.667. The van der Waals surface area contributed by atoms with Crippen molar-refractivity contribution in [2.45, 2.75) is 0 Å². The van der Waals surface area contributed by atoms with Crippen LogP contribution in [0.2, 0.25) is 0 Å². The molecule has 1 fully saturated rings. The molecular weight excluding hydrogens is 136 g/mol. The highest BCUT2D eigenvalue weighted by atomic mass is 32.2. The van der Waals surface area contributed by atoms with Crippen LogP contribution in [0.25, 0.3) is 0 Å². The third-order valence-electron chi connectivity index (χ3n) is 1.29. The van der Waals surface area contributed by atoms with Gasteiger partial charge in [-0.25, -0.2) is 0 Å². The van der Waals surface area contributed by atoms with Crippen LogP contribution in [0.5, 0.6) is 0 Å². The first-order valence-electron chi connectivity index (χ1n) is 2.90. The van der Waals surface area contributed by atoms with E-state index in [1.807, 2.05) is 0 Å². The third kappa shape index (κ3) is 1.82. The second kappa shape index (κ2) is 3.01. The molecule has 0 radical (unpaired) electrons. The van der Waals surface area contributed by atoms with Gasteiger partial charge in [0.05, 0.1) is 12.9 Å². The van der Waals surface area contributed by atoms with E-state index >= 15 is 0 Å². The molecule has 1 saturated heterocycles. The van der Waals surface area contributed by atoms with Crippen molar-refractivity contribution in [3.8, 4) is 0 Å². The minimum absolute atomic E-state index is 0.517. The summed E-state index contributed by atoms with van der Waals surface area (Å²) in [6.45, 7) is 4.10. The lowest BCUT2D eigenvalue weighted by molar-refractivity contribution is 0.210. The monoisotopic (exact) mass is 146 g/mol. The number of hydrogen-bond acceptors (Lipinski definition) is 2. The molecule has 9 heavy (non-hydrogen) atoms. The Balaban J connectivity index is 2.03. The summed E-state index contributed by atoms with van der Waals surface area (Å²) in [5.74, 6) is 2.14. The van der Waals surface area contributed by atoms with E-state index in [1.165, 1.54) is 6.26 Å². The average Bonchev–Trinajstić information content (AvgIpc) is 1.78. The molecule has 0 unspecified atom stereocenters. The van der Waals surface area contributed by atoms with Gasteiger partial charge in [-0.3, -0.25) is 4.21 Å². The summed E-state index contributed by atoms with van der Waals surface area (Å²) in [5.41, 5.74) is 0. The molecule has 0 bridgehead atoms. The fourth-order valence-corrected chi connectivity index (χ4v) is 1.92. The van der Waals surface area contributed by atoms with Crippen molar-refractivity contribution in [3.63, 3.8) is 0 Å². The maximum Gasteiger partial charge on any atom is 0.0918 e. The molecule has 0 spiro atoms. The van der Waals surface area contributed by atoms with Crippen LogP contribution in [0, 0.1) is 5.92 Å². The van der Waals surface area contributed by atoms with Crippen molar-refractivity contribution in [2.75, 3.05) is 18.1 Å². The van der Waals surface area contributed by atoms with E-state index in [0.29, 0.717) is 12.5 Å². The summed E-state index contributed by atoms with van der Waals surface area (Å²) in [6, 6.07) is 0. The summed E-state index contributed by atoms with van der Waals surface area (Å²) < 4.78 is 15.4. The van der Waals surface area contributed by atoms with E-state index < -0.39 is 10.8 Å². The lowest BCUT2D eigenvalue weighted by Crippen LogP contribution is -2.33. The molecule has 1 aliphatic heterocycles. The van der Waals surface area contributed by atoms with Gasteiger partial charge in [0.25, 0.3) is 0 Å². The third-order valence-corrected chi connectivity index (χ3v) is 2.98. The largest absolute Gasteiger partial charge is 0.501 e. The Labute approximate surface area is 57.4 Å². The molecule has 0 aromatic heterocycles. The van der Waals surface area contributed by atoms with Crippen LogP contribution in [0.15, 0.2) is 12.8 Å². The Hall–Kier alpha value is -0.310. The molecule has 0 N–H and O–H groups in total. The van der Waals surface area contributed by atoms with E-state index in [0.717, 1.165) is 11.5 Å². The minimum Gasteiger partial charge on any atom is -0.501 e. The quantitative estimate of drug-likeness (QED) is 0.543. The first kappa shape index (κ1) is 6.81. The van der Waals surface area contributed by atoms with Gasteiger partial charge in [0, 0.05) is 28.2 Å². The molecule has 0 atom stereocenters. The highest BCUT2D eigenvalue weighted by molar-refractivity contribution is 7.86. The van der Waals surface area contributed by atoms with Gasteiger partial charge in [0.15, 0.2) is 0 Å². The second-order valence-electron chi connectivity index (χ2n) is 2.14. The SMILES string of the molecule is C=COCC1CS(=O)C1. The van der Waals surface area contributed by atoms with Gasteiger partial charge in [-0.2, -0.15) is 0 Å². The minimum atomic E-state index is -0.540. The van der Waals surface area contributed by atoms with E-state index in [1.54, 1.807) is 0 Å². The van der Waals surface area contributed by atoms with Crippen LogP contribution in [0.1, 0.15) is 0 Å². The van der Waals surface area contributed by atoms with Gasteiger partial charge < -0.3 is 4.74 Å². The Morgan fingerprint density at radius 3 is 2.89 bits per heavy atom. The molecule has 0 aliphatic carbocycles. The summed E-state index contributed by atoms with van der Waals surface area (Å²) in [6.07, 6.45) is 1.43. The highest BCUT2D eigenvalue weighted by Gasteiger charge is 2.24. The maximum atomic E-state index is 10.5. The molecule has 0 aromatic carbocycles. The average molecular weight is 146 g/mol. The molecule has 2 nitrogen and oxygen atoms in total. The van der Waals surface area contributed by atoms with Crippen LogP contribution < -0.4 is 0 Å². The van der Waals surface area contributed by atoms with Crippen molar-refractivity contribution < 1.29 is 8.95 Å². The molecule has 52 valence electrons. The summed E-state index contributed by atoms with van der Waals surface area (Å²) in [5, 5.41) is 0. The van der Waals surface area contributed by atoms with Crippen LogP contribution in [-0.4, -0.2) is 22.3 Å². The van der Waals surface area contributed by atoms with Gasteiger partial charge in [-0.1, -0.05) is 6.58 Å². The fourth-order valence-electron chi connectivity index (χ4n) is 0.777. The van der Waals surface area contributed by atoms with E-state index in [9.17, 15) is 4.21 Å². The molecule has 0 aromatic rings. The Morgan fingerprint density at radius 2 is 2.44 bits per heavy atom. The topological polar surface area (TPSA) is 26.3 Å². The van der Waals surface area contributed by atoms with E-state index in [2.05, 4.69) is 6.58 Å².